The van der Waals surface area contributed by atoms with Crippen molar-refractivity contribution in [2.24, 2.45) is 5.73 Å². The van der Waals surface area contributed by atoms with Crippen molar-refractivity contribution in [2.75, 3.05) is 7.11 Å². The molecule has 1 unspecified atom stereocenters. The van der Waals surface area contributed by atoms with E-state index in [2.05, 4.69) is 24.3 Å². The van der Waals surface area contributed by atoms with Crippen molar-refractivity contribution >= 4 is 0 Å². The van der Waals surface area contributed by atoms with E-state index >= 15 is 0 Å². The molecule has 0 radical (unpaired) electrons. The van der Waals surface area contributed by atoms with Gasteiger partial charge in [0.05, 0.1) is 7.11 Å². The molecule has 0 saturated carbocycles. The topological polar surface area (TPSA) is 35.2 Å². The van der Waals surface area contributed by atoms with E-state index < -0.39 is 0 Å². The Kier molecular flexibility index (Phi) is 4.17. The van der Waals surface area contributed by atoms with E-state index in [1.807, 2.05) is 6.92 Å². The normalized spacial score (nSPS) is 12.2. The highest BCUT2D eigenvalue weighted by atomic mass is 19.1. The minimum Gasteiger partial charge on any atom is -0.494 e. The van der Waals surface area contributed by atoms with Gasteiger partial charge in [-0.2, -0.15) is 0 Å². The van der Waals surface area contributed by atoms with Crippen LogP contribution in [0.2, 0.25) is 0 Å². The van der Waals surface area contributed by atoms with E-state index in [-0.39, 0.29) is 17.6 Å². The van der Waals surface area contributed by atoms with Gasteiger partial charge in [-0.25, -0.2) is 4.39 Å². The van der Waals surface area contributed by atoms with Gasteiger partial charge in [0.15, 0.2) is 11.6 Å². The number of ether oxygens (including phenoxy) is 1. The average molecular weight is 259 g/mol. The molecule has 0 saturated heterocycles. The van der Waals surface area contributed by atoms with Gasteiger partial charge in [0.2, 0.25) is 0 Å². The lowest BCUT2D eigenvalue weighted by atomic mass is 9.99. The minimum atomic E-state index is -0.376. The van der Waals surface area contributed by atoms with Crippen molar-refractivity contribution in [1.29, 1.82) is 0 Å². The molecule has 2 nitrogen and oxygen atoms in total. The van der Waals surface area contributed by atoms with E-state index in [9.17, 15) is 4.39 Å². The Balaban J connectivity index is 2.13. The Morgan fingerprint density at radius 3 is 2.42 bits per heavy atom. The molecule has 0 fully saturated rings. The summed E-state index contributed by atoms with van der Waals surface area (Å²) < 4.78 is 18.5. The second-order valence-electron chi connectivity index (χ2n) is 4.69. The Bertz CT molecular complexity index is 551. The molecule has 19 heavy (non-hydrogen) atoms. The summed E-state index contributed by atoms with van der Waals surface area (Å²) in [6.07, 6.45) is 0.687. The Morgan fingerprint density at radius 1 is 1.16 bits per heavy atom. The molecule has 2 aromatic rings. The monoisotopic (exact) mass is 259 g/mol. The fraction of sp³-hybridized carbons (Fsp3) is 0.250. The van der Waals surface area contributed by atoms with Crippen molar-refractivity contribution in [1.82, 2.24) is 0 Å². The van der Waals surface area contributed by atoms with Crippen LogP contribution >= 0.6 is 0 Å². The molecule has 0 bridgehead atoms. The quantitative estimate of drug-likeness (QED) is 0.913. The highest BCUT2D eigenvalue weighted by molar-refractivity contribution is 5.32. The maximum Gasteiger partial charge on any atom is 0.165 e. The summed E-state index contributed by atoms with van der Waals surface area (Å²) in [6.45, 7) is 2.04. The molecule has 0 heterocycles. The average Bonchev–Trinajstić information content (AvgIpc) is 2.41. The van der Waals surface area contributed by atoms with E-state index in [1.54, 1.807) is 12.1 Å². The van der Waals surface area contributed by atoms with Gasteiger partial charge in [0.25, 0.3) is 0 Å². The van der Waals surface area contributed by atoms with Crippen LogP contribution in [0.4, 0.5) is 4.39 Å². The van der Waals surface area contributed by atoms with Crippen LogP contribution in [0.25, 0.3) is 0 Å². The molecule has 100 valence electrons. The number of hydrogen-bond acceptors (Lipinski definition) is 2. The minimum absolute atomic E-state index is 0.219. The first-order valence-corrected chi connectivity index (χ1v) is 6.24. The maximum atomic E-state index is 13.6. The van der Waals surface area contributed by atoms with Crippen LogP contribution in [0, 0.1) is 12.7 Å². The molecular formula is C16H18FNO. The van der Waals surface area contributed by atoms with Crippen molar-refractivity contribution in [2.45, 2.75) is 19.4 Å². The van der Waals surface area contributed by atoms with Crippen LogP contribution in [-0.4, -0.2) is 7.11 Å². The van der Waals surface area contributed by atoms with Gasteiger partial charge in [0, 0.05) is 6.04 Å². The van der Waals surface area contributed by atoms with Gasteiger partial charge < -0.3 is 10.5 Å². The van der Waals surface area contributed by atoms with Gasteiger partial charge in [-0.3, -0.25) is 0 Å². The van der Waals surface area contributed by atoms with Crippen molar-refractivity contribution in [3.05, 3.63) is 65.0 Å². The molecule has 0 amide bonds. The maximum absolute atomic E-state index is 13.6. The highest BCUT2D eigenvalue weighted by Gasteiger charge is 2.10. The molecule has 1 atom stereocenters. The van der Waals surface area contributed by atoms with Crippen LogP contribution < -0.4 is 10.5 Å². The summed E-state index contributed by atoms with van der Waals surface area (Å²) >= 11 is 0. The van der Waals surface area contributed by atoms with Crippen LogP contribution in [0.5, 0.6) is 5.75 Å². The third-order valence-corrected chi connectivity index (χ3v) is 3.18. The van der Waals surface area contributed by atoms with Gasteiger partial charge in [-0.1, -0.05) is 35.9 Å². The smallest absolute Gasteiger partial charge is 0.165 e. The number of methoxy groups -OCH3 is 1. The lowest BCUT2D eigenvalue weighted by Crippen LogP contribution is -2.13. The zero-order valence-electron chi connectivity index (χ0n) is 11.2. The van der Waals surface area contributed by atoms with Gasteiger partial charge in [-0.15, -0.1) is 0 Å². The third-order valence-electron chi connectivity index (χ3n) is 3.18. The molecule has 0 spiro atoms. The SMILES string of the molecule is COc1ccc(C(N)Cc2ccc(C)cc2)cc1F. The zero-order chi connectivity index (χ0) is 13.8. The fourth-order valence-electron chi connectivity index (χ4n) is 2.01. The summed E-state index contributed by atoms with van der Waals surface area (Å²) in [7, 11) is 1.45. The largest absolute Gasteiger partial charge is 0.494 e. The summed E-state index contributed by atoms with van der Waals surface area (Å²) in [5.41, 5.74) is 9.26. The van der Waals surface area contributed by atoms with E-state index in [1.165, 1.54) is 18.7 Å². The molecule has 2 N–H and O–H groups in total. The summed E-state index contributed by atoms with van der Waals surface area (Å²) in [5, 5.41) is 0. The molecular weight excluding hydrogens is 241 g/mol. The fourth-order valence-corrected chi connectivity index (χ4v) is 2.01. The molecule has 2 aromatic carbocycles. The first-order valence-electron chi connectivity index (χ1n) is 6.24. The van der Waals surface area contributed by atoms with E-state index in [0.717, 1.165) is 11.1 Å². The van der Waals surface area contributed by atoms with Crippen LogP contribution in [0.3, 0.4) is 0 Å². The number of halogens is 1. The molecule has 0 aromatic heterocycles. The number of aryl methyl sites for hydroxylation is 1. The number of benzene rings is 2. The first-order chi connectivity index (χ1) is 9.10. The molecule has 0 aliphatic carbocycles. The van der Waals surface area contributed by atoms with Gasteiger partial charge in [0.1, 0.15) is 0 Å². The molecule has 3 heteroatoms. The second-order valence-corrected chi connectivity index (χ2v) is 4.69. The summed E-state index contributed by atoms with van der Waals surface area (Å²) in [6, 6.07) is 12.8. The van der Waals surface area contributed by atoms with Crippen LogP contribution in [-0.2, 0) is 6.42 Å². The lowest BCUT2D eigenvalue weighted by Gasteiger charge is -2.13. The Hall–Kier alpha value is -1.87. The standard InChI is InChI=1S/C16H18FNO/c1-11-3-5-12(6-4-11)9-15(18)13-7-8-16(19-2)14(17)10-13/h3-8,10,15H,9,18H2,1-2H3. The van der Waals surface area contributed by atoms with E-state index in [0.29, 0.717) is 6.42 Å². The predicted molar refractivity (Wildman–Crippen MR) is 74.8 cm³/mol. The first kappa shape index (κ1) is 13.6. The highest BCUT2D eigenvalue weighted by Crippen LogP contribution is 2.23. The van der Waals surface area contributed by atoms with E-state index in [4.69, 9.17) is 10.5 Å². The molecule has 0 aliphatic heterocycles. The van der Waals surface area contributed by atoms with Crippen molar-refractivity contribution < 1.29 is 9.13 Å². The lowest BCUT2D eigenvalue weighted by molar-refractivity contribution is 0.386. The van der Waals surface area contributed by atoms with Crippen molar-refractivity contribution in [3.8, 4) is 5.75 Å². The third kappa shape index (κ3) is 3.32. The number of nitrogens with two attached hydrogens (primary N) is 1. The van der Waals surface area contributed by atoms with Gasteiger partial charge >= 0.3 is 0 Å². The van der Waals surface area contributed by atoms with Crippen LogP contribution in [0.1, 0.15) is 22.7 Å². The molecule has 2 rings (SSSR count). The summed E-state index contributed by atoms with van der Waals surface area (Å²) in [4.78, 5) is 0. The Labute approximate surface area is 113 Å². The summed E-state index contributed by atoms with van der Waals surface area (Å²) in [5.74, 6) is -0.134. The molecule has 0 aliphatic rings. The van der Waals surface area contributed by atoms with Gasteiger partial charge in [-0.05, 0) is 36.6 Å². The van der Waals surface area contributed by atoms with Crippen molar-refractivity contribution in [3.63, 3.8) is 0 Å². The van der Waals surface area contributed by atoms with Crippen LogP contribution in [0.15, 0.2) is 42.5 Å². The zero-order valence-corrected chi connectivity index (χ0v) is 11.2. The second kappa shape index (κ2) is 5.85. The Morgan fingerprint density at radius 2 is 1.84 bits per heavy atom. The number of rotatable bonds is 4. The predicted octanol–water partition coefficient (Wildman–Crippen LogP) is 3.39. The number of hydrogen-bond donors (Lipinski definition) is 1.